The molecule has 0 amide bonds. The third-order valence-corrected chi connectivity index (χ3v) is 5.76. The summed E-state index contributed by atoms with van der Waals surface area (Å²) in [6, 6.07) is 4.20. The Morgan fingerprint density at radius 2 is 2.30 bits per heavy atom. The van der Waals surface area contributed by atoms with Crippen LogP contribution in [0.3, 0.4) is 0 Å². The first-order valence-corrected chi connectivity index (χ1v) is 9.58. The summed E-state index contributed by atoms with van der Waals surface area (Å²) >= 11 is 3.22. The first-order valence-electron chi connectivity index (χ1n) is 7.82. The third-order valence-electron chi connectivity index (χ3n) is 3.60. The van der Waals surface area contributed by atoms with E-state index >= 15 is 0 Å². The summed E-state index contributed by atoms with van der Waals surface area (Å²) in [5, 5.41) is 11.1. The number of hydrogen-bond donors (Lipinski definition) is 0. The quantitative estimate of drug-likeness (QED) is 0.508. The average Bonchev–Trinajstić information content (AvgIpc) is 3.19. The Bertz CT molecular complexity index is 611. The molecule has 0 bridgehead atoms. The third kappa shape index (κ3) is 5.07. The molecule has 23 heavy (non-hydrogen) atoms. The number of hydrogen-bond acceptors (Lipinski definition) is 6. The van der Waals surface area contributed by atoms with Crippen molar-refractivity contribution in [3.8, 4) is 0 Å². The Morgan fingerprint density at radius 3 is 2.96 bits per heavy atom. The van der Waals surface area contributed by atoms with Crippen LogP contribution in [0.2, 0.25) is 0 Å². The molecule has 2 rings (SSSR count). The predicted molar refractivity (Wildman–Crippen MR) is 94.0 cm³/mol. The molecule has 0 saturated heterocycles. The summed E-state index contributed by atoms with van der Waals surface area (Å²) in [6.45, 7) is 4.89. The summed E-state index contributed by atoms with van der Waals surface area (Å²) in [7, 11) is 1.44. The lowest BCUT2D eigenvalue weighted by Crippen LogP contribution is -2.20. The van der Waals surface area contributed by atoms with Crippen molar-refractivity contribution in [2.24, 2.45) is 0 Å². The van der Waals surface area contributed by atoms with Gasteiger partial charge in [-0.3, -0.25) is 4.79 Å². The fourth-order valence-corrected chi connectivity index (χ4v) is 4.12. The highest BCUT2D eigenvalue weighted by atomic mass is 32.2. The van der Waals surface area contributed by atoms with Crippen LogP contribution in [0.1, 0.15) is 36.9 Å². The van der Waals surface area contributed by atoms with Crippen LogP contribution in [0.4, 0.5) is 0 Å². The lowest BCUT2D eigenvalue weighted by Gasteiger charge is -2.14. The first kappa shape index (κ1) is 18.0. The monoisotopic (exact) mass is 353 g/mol. The molecule has 2 heterocycles. The molecule has 2 aromatic heterocycles. The number of esters is 1. The van der Waals surface area contributed by atoms with E-state index in [1.54, 1.807) is 11.3 Å². The Kier molecular flexibility index (Phi) is 7.11. The SMILES string of the molecule is CCCCC(Sc1nnc(C)n1CCc1cccs1)C(=O)OC. The number of methoxy groups -OCH3 is 1. The zero-order chi connectivity index (χ0) is 16.7. The maximum absolute atomic E-state index is 12.0. The number of thioether (sulfide) groups is 1. The van der Waals surface area contributed by atoms with Crippen molar-refractivity contribution in [2.45, 2.75) is 56.5 Å². The zero-order valence-corrected chi connectivity index (χ0v) is 15.5. The molecule has 1 atom stereocenters. The topological polar surface area (TPSA) is 57.0 Å². The fraction of sp³-hybridized carbons (Fsp3) is 0.562. The van der Waals surface area contributed by atoms with Crippen LogP contribution in [0.25, 0.3) is 0 Å². The second kappa shape index (κ2) is 9.08. The van der Waals surface area contributed by atoms with E-state index < -0.39 is 0 Å². The fourth-order valence-electron chi connectivity index (χ4n) is 2.26. The van der Waals surface area contributed by atoms with Crippen LogP contribution in [-0.2, 0) is 22.5 Å². The summed E-state index contributed by atoms with van der Waals surface area (Å²) in [6.07, 6.45) is 3.79. The molecule has 0 aromatic carbocycles. The van der Waals surface area contributed by atoms with Crippen molar-refractivity contribution >= 4 is 29.1 Å². The minimum atomic E-state index is -0.218. The van der Waals surface area contributed by atoms with Gasteiger partial charge in [-0.05, 0) is 31.2 Å². The number of carbonyl (C=O) groups is 1. The van der Waals surface area contributed by atoms with Crippen molar-refractivity contribution in [3.63, 3.8) is 0 Å². The van der Waals surface area contributed by atoms with Crippen molar-refractivity contribution in [3.05, 3.63) is 28.2 Å². The summed E-state index contributed by atoms with van der Waals surface area (Å²) in [5.74, 6) is 0.692. The molecule has 0 fully saturated rings. The van der Waals surface area contributed by atoms with Crippen molar-refractivity contribution in [2.75, 3.05) is 7.11 Å². The highest BCUT2D eigenvalue weighted by molar-refractivity contribution is 8.00. The molecule has 5 nitrogen and oxygen atoms in total. The second-order valence-electron chi connectivity index (χ2n) is 5.28. The van der Waals surface area contributed by atoms with Gasteiger partial charge in [0.25, 0.3) is 0 Å². The van der Waals surface area contributed by atoms with Gasteiger partial charge in [-0.1, -0.05) is 37.6 Å². The lowest BCUT2D eigenvalue weighted by atomic mass is 10.2. The molecular weight excluding hydrogens is 330 g/mol. The Morgan fingerprint density at radius 1 is 1.48 bits per heavy atom. The van der Waals surface area contributed by atoms with E-state index in [1.807, 2.05) is 6.92 Å². The van der Waals surface area contributed by atoms with Crippen molar-refractivity contribution < 1.29 is 9.53 Å². The van der Waals surface area contributed by atoms with Gasteiger partial charge in [-0.25, -0.2) is 0 Å². The molecule has 0 aliphatic heterocycles. The standard InChI is InChI=1S/C16H23N3O2S2/c1-4-5-8-14(15(20)21-3)23-16-18-17-12(2)19(16)10-9-13-7-6-11-22-13/h6-7,11,14H,4-5,8-10H2,1-3H3. The van der Waals surface area contributed by atoms with Crippen LogP contribution in [-0.4, -0.2) is 33.1 Å². The zero-order valence-electron chi connectivity index (χ0n) is 13.8. The van der Waals surface area contributed by atoms with Crippen LogP contribution in [0, 0.1) is 6.92 Å². The van der Waals surface area contributed by atoms with Gasteiger partial charge in [-0.2, -0.15) is 0 Å². The molecule has 0 aliphatic carbocycles. The van der Waals surface area contributed by atoms with E-state index in [1.165, 1.54) is 23.7 Å². The van der Waals surface area contributed by atoms with Gasteiger partial charge < -0.3 is 9.30 Å². The van der Waals surface area contributed by atoms with Crippen LogP contribution in [0.15, 0.2) is 22.7 Å². The van der Waals surface area contributed by atoms with E-state index in [2.05, 4.69) is 39.2 Å². The maximum atomic E-state index is 12.0. The lowest BCUT2D eigenvalue weighted by molar-refractivity contribution is -0.140. The first-order chi connectivity index (χ1) is 11.2. The van der Waals surface area contributed by atoms with E-state index in [-0.39, 0.29) is 11.2 Å². The van der Waals surface area contributed by atoms with Crippen LogP contribution < -0.4 is 0 Å². The summed E-state index contributed by atoms with van der Waals surface area (Å²) in [5.41, 5.74) is 0. The summed E-state index contributed by atoms with van der Waals surface area (Å²) < 4.78 is 7.02. The predicted octanol–water partition coefficient (Wildman–Crippen LogP) is 3.71. The Labute approximate surface area is 145 Å². The number of carbonyl (C=O) groups excluding carboxylic acids is 1. The van der Waals surface area contributed by atoms with Gasteiger partial charge in [0.1, 0.15) is 11.1 Å². The molecule has 2 aromatic rings. The number of aryl methyl sites for hydroxylation is 2. The van der Waals surface area contributed by atoms with Gasteiger partial charge in [-0.15, -0.1) is 21.5 Å². The maximum Gasteiger partial charge on any atom is 0.319 e. The highest BCUT2D eigenvalue weighted by Crippen LogP contribution is 2.27. The molecule has 0 radical (unpaired) electrons. The van der Waals surface area contributed by atoms with Crippen LogP contribution >= 0.6 is 23.1 Å². The largest absolute Gasteiger partial charge is 0.468 e. The molecule has 0 saturated carbocycles. The summed E-state index contributed by atoms with van der Waals surface area (Å²) in [4.78, 5) is 13.3. The van der Waals surface area contributed by atoms with E-state index in [0.717, 1.165) is 43.2 Å². The normalized spacial score (nSPS) is 12.3. The smallest absolute Gasteiger partial charge is 0.319 e. The number of thiophene rings is 1. The average molecular weight is 354 g/mol. The molecule has 0 N–H and O–H groups in total. The van der Waals surface area contributed by atoms with Gasteiger partial charge >= 0.3 is 5.97 Å². The number of nitrogens with zero attached hydrogens (tertiary/aromatic N) is 3. The number of aromatic nitrogens is 3. The van der Waals surface area contributed by atoms with Gasteiger partial charge in [0.05, 0.1) is 7.11 Å². The molecule has 0 spiro atoms. The molecular formula is C16H23N3O2S2. The van der Waals surface area contributed by atoms with E-state index in [0.29, 0.717) is 0 Å². The number of ether oxygens (including phenoxy) is 1. The molecule has 126 valence electrons. The molecule has 7 heteroatoms. The van der Waals surface area contributed by atoms with Gasteiger partial charge in [0.15, 0.2) is 5.16 Å². The minimum Gasteiger partial charge on any atom is -0.468 e. The van der Waals surface area contributed by atoms with Crippen LogP contribution in [0.5, 0.6) is 0 Å². The molecule has 1 unspecified atom stereocenters. The van der Waals surface area contributed by atoms with Crippen molar-refractivity contribution in [1.29, 1.82) is 0 Å². The van der Waals surface area contributed by atoms with E-state index in [4.69, 9.17) is 4.74 Å². The number of rotatable bonds is 9. The molecule has 0 aliphatic rings. The van der Waals surface area contributed by atoms with E-state index in [9.17, 15) is 4.79 Å². The second-order valence-corrected chi connectivity index (χ2v) is 7.48. The highest BCUT2D eigenvalue weighted by Gasteiger charge is 2.23. The Balaban J connectivity index is 2.07. The number of unbranched alkanes of at least 4 members (excludes halogenated alkanes) is 1. The Hall–Kier alpha value is -1.34. The van der Waals surface area contributed by atoms with Gasteiger partial charge in [0, 0.05) is 11.4 Å². The minimum absolute atomic E-state index is 0.186. The van der Waals surface area contributed by atoms with Crippen molar-refractivity contribution in [1.82, 2.24) is 14.8 Å². The van der Waals surface area contributed by atoms with Gasteiger partial charge in [0.2, 0.25) is 0 Å².